The van der Waals surface area contributed by atoms with Gasteiger partial charge < -0.3 is 9.73 Å². The van der Waals surface area contributed by atoms with Crippen LogP contribution in [0.15, 0.2) is 40.8 Å². The number of carbonyl (C=O) groups is 1. The highest BCUT2D eigenvalue weighted by molar-refractivity contribution is 5.81. The second kappa shape index (κ2) is 5.06. The smallest absolute Gasteiger partial charge is 0.221 e. The Labute approximate surface area is 125 Å². The molecule has 1 saturated heterocycles. The van der Waals surface area contributed by atoms with Crippen molar-refractivity contribution >= 4 is 5.91 Å². The van der Waals surface area contributed by atoms with Crippen LogP contribution in [-0.4, -0.2) is 11.9 Å². The Morgan fingerprint density at radius 1 is 1.29 bits per heavy atom. The fourth-order valence-electron chi connectivity index (χ4n) is 3.47. The van der Waals surface area contributed by atoms with Gasteiger partial charge >= 0.3 is 0 Å². The number of hydrogen-bond donors (Lipinski definition) is 1. The Kier molecular flexibility index (Phi) is 3.36. The summed E-state index contributed by atoms with van der Waals surface area (Å²) in [4.78, 5) is 12.0. The molecule has 3 rings (SSSR count). The molecule has 0 radical (unpaired) electrons. The predicted molar refractivity (Wildman–Crippen MR) is 82.2 cm³/mol. The van der Waals surface area contributed by atoms with Crippen molar-refractivity contribution in [3.63, 3.8) is 0 Å². The van der Waals surface area contributed by atoms with Crippen molar-refractivity contribution in [2.45, 2.75) is 45.1 Å². The van der Waals surface area contributed by atoms with Gasteiger partial charge in [-0.05, 0) is 31.9 Å². The SMILES string of the molecule is Cc1cc(C2(C)CC(=O)NC2Cc2ccccc2)c(C)o1. The molecule has 1 aromatic heterocycles. The molecule has 1 fully saturated rings. The van der Waals surface area contributed by atoms with Crippen molar-refractivity contribution in [2.24, 2.45) is 0 Å². The van der Waals surface area contributed by atoms with E-state index in [1.807, 2.05) is 32.0 Å². The van der Waals surface area contributed by atoms with Crippen LogP contribution in [0.1, 0.15) is 36.0 Å². The minimum Gasteiger partial charge on any atom is -0.466 e. The van der Waals surface area contributed by atoms with Gasteiger partial charge in [0, 0.05) is 23.4 Å². The zero-order chi connectivity index (χ0) is 15.0. The molecule has 3 heteroatoms. The lowest BCUT2D eigenvalue weighted by atomic mass is 9.74. The first-order valence-electron chi connectivity index (χ1n) is 7.40. The third kappa shape index (κ3) is 2.48. The topological polar surface area (TPSA) is 42.2 Å². The van der Waals surface area contributed by atoms with E-state index in [2.05, 4.69) is 30.4 Å². The normalized spacial score (nSPS) is 25.1. The van der Waals surface area contributed by atoms with Crippen molar-refractivity contribution in [2.75, 3.05) is 0 Å². The van der Waals surface area contributed by atoms with E-state index in [9.17, 15) is 4.79 Å². The summed E-state index contributed by atoms with van der Waals surface area (Å²) in [7, 11) is 0. The predicted octanol–water partition coefficient (Wildman–Crippen LogP) is 3.29. The summed E-state index contributed by atoms with van der Waals surface area (Å²) >= 11 is 0. The molecule has 2 aromatic rings. The molecule has 1 amide bonds. The van der Waals surface area contributed by atoms with Crippen LogP contribution in [0.25, 0.3) is 0 Å². The van der Waals surface area contributed by atoms with E-state index < -0.39 is 0 Å². The van der Waals surface area contributed by atoms with E-state index in [-0.39, 0.29) is 17.4 Å². The summed E-state index contributed by atoms with van der Waals surface area (Å²) in [6, 6.07) is 12.5. The number of furan rings is 1. The van der Waals surface area contributed by atoms with Crippen LogP contribution >= 0.6 is 0 Å². The fraction of sp³-hybridized carbons (Fsp3) is 0.389. The zero-order valence-electron chi connectivity index (χ0n) is 12.8. The lowest BCUT2D eigenvalue weighted by molar-refractivity contribution is -0.119. The molecule has 0 saturated carbocycles. The Balaban J connectivity index is 1.95. The molecule has 21 heavy (non-hydrogen) atoms. The number of carbonyl (C=O) groups excluding carboxylic acids is 1. The number of hydrogen-bond acceptors (Lipinski definition) is 2. The van der Waals surface area contributed by atoms with E-state index in [0.29, 0.717) is 6.42 Å². The summed E-state index contributed by atoms with van der Waals surface area (Å²) < 4.78 is 5.69. The maximum atomic E-state index is 12.0. The van der Waals surface area contributed by atoms with Crippen LogP contribution in [0.2, 0.25) is 0 Å². The Hall–Kier alpha value is -2.03. The average Bonchev–Trinajstić information content (AvgIpc) is 2.91. The van der Waals surface area contributed by atoms with Gasteiger partial charge in [0.25, 0.3) is 0 Å². The highest BCUT2D eigenvalue weighted by Gasteiger charge is 2.46. The van der Waals surface area contributed by atoms with Crippen LogP contribution in [0, 0.1) is 13.8 Å². The molecule has 3 nitrogen and oxygen atoms in total. The standard InChI is InChI=1S/C18H21NO2/c1-12-9-15(13(2)21-12)18(3)11-17(20)19-16(18)10-14-7-5-4-6-8-14/h4-9,16H,10-11H2,1-3H3,(H,19,20). The van der Waals surface area contributed by atoms with E-state index >= 15 is 0 Å². The molecule has 2 heterocycles. The second-order valence-electron chi connectivity index (χ2n) is 6.23. The number of rotatable bonds is 3. The van der Waals surface area contributed by atoms with E-state index in [0.717, 1.165) is 23.5 Å². The maximum Gasteiger partial charge on any atom is 0.221 e. The van der Waals surface area contributed by atoms with Gasteiger partial charge in [0.2, 0.25) is 5.91 Å². The molecular weight excluding hydrogens is 262 g/mol. The van der Waals surface area contributed by atoms with Gasteiger partial charge in [-0.1, -0.05) is 37.3 Å². The number of benzene rings is 1. The zero-order valence-corrected chi connectivity index (χ0v) is 12.8. The van der Waals surface area contributed by atoms with Gasteiger partial charge in [-0.3, -0.25) is 4.79 Å². The van der Waals surface area contributed by atoms with Gasteiger partial charge in [0.05, 0.1) is 0 Å². The van der Waals surface area contributed by atoms with Crippen molar-refractivity contribution in [1.29, 1.82) is 0 Å². The molecule has 1 aromatic carbocycles. The van der Waals surface area contributed by atoms with Crippen molar-refractivity contribution in [3.8, 4) is 0 Å². The van der Waals surface area contributed by atoms with Crippen molar-refractivity contribution in [1.82, 2.24) is 5.32 Å². The number of aryl methyl sites for hydroxylation is 2. The molecule has 1 aliphatic heterocycles. The first-order chi connectivity index (χ1) is 9.99. The summed E-state index contributed by atoms with van der Waals surface area (Å²) in [5, 5.41) is 3.15. The number of amides is 1. The summed E-state index contributed by atoms with van der Waals surface area (Å²) in [5.41, 5.74) is 2.18. The van der Waals surface area contributed by atoms with Crippen LogP contribution in [0.3, 0.4) is 0 Å². The molecule has 1 N–H and O–H groups in total. The van der Waals surface area contributed by atoms with E-state index in [4.69, 9.17) is 4.42 Å². The molecule has 2 unspecified atom stereocenters. The minimum absolute atomic E-state index is 0.100. The molecule has 0 aliphatic carbocycles. The quantitative estimate of drug-likeness (QED) is 0.939. The summed E-state index contributed by atoms with van der Waals surface area (Å²) in [6.45, 7) is 6.10. The molecule has 110 valence electrons. The number of nitrogens with one attached hydrogen (secondary N) is 1. The second-order valence-corrected chi connectivity index (χ2v) is 6.23. The molecule has 1 aliphatic rings. The van der Waals surface area contributed by atoms with E-state index in [1.54, 1.807) is 0 Å². The minimum atomic E-state index is -0.214. The van der Waals surface area contributed by atoms with Crippen LogP contribution < -0.4 is 5.32 Å². The van der Waals surface area contributed by atoms with Crippen LogP contribution in [-0.2, 0) is 16.6 Å². The van der Waals surface area contributed by atoms with Gasteiger partial charge in [-0.25, -0.2) is 0 Å². The molecule has 0 bridgehead atoms. The van der Waals surface area contributed by atoms with Crippen molar-refractivity contribution < 1.29 is 9.21 Å². The average molecular weight is 283 g/mol. The monoisotopic (exact) mass is 283 g/mol. The van der Waals surface area contributed by atoms with Gasteiger partial charge in [0.15, 0.2) is 0 Å². The van der Waals surface area contributed by atoms with Gasteiger partial charge in [0.1, 0.15) is 11.5 Å². The fourth-order valence-corrected chi connectivity index (χ4v) is 3.47. The third-order valence-corrected chi connectivity index (χ3v) is 4.57. The Morgan fingerprint density at radius 3 is 2.62 bits per heavy atom. The molecular formula is C18H21NO2. The Bertz CT molecular complexity index is 659. The third-order valence-electron chi connectivity index (χ3n) is 4.57. The van der Waals surface area contributed by atoms with Gasteiger partial charge in [-0.2, -0.15) is 0 Å². The lowest BCUT2D eigenvalue weighted by Crippen LogP contribution is -2.40. The first-order valence-corrected chi connectivity index (χ1v) is 7.40. The highest BCUT2D eigenvalue weighted by Crippen LogP contribution is 2.39. The van der Waals surface area contributed by atoms with Gasteiger partial charge in [-0.15, -0.1) is 0 Å². The molecule has 0 spiro atoms. The largest absolute Gasteiger partial charge is 0.466 e. The van der Waals surface area contributed by atoms with Crippen LogP contribution in [0.4, 0.5) is 0 Å². The van der Waals surface area contributed by atoms with E-state index in [1.165, 1.54) is 5.56 Å². The highest BCUT2D eigenvalue weighted by atomic mass is 16.3. The summed E-state index contributed by atoms with van der Waals surface area (Å²) in [5.74, 6) is 1.95. The first kappa shape index (κ1) is 13.9. The van der Waals surface area contributed by atoms with Crippen molar-refractivity contribution in [3.05, 3.63) is 59.0 Å². The lowest BCUT2D eigenvalue weighted by Gasteiger charge is -2.30. The molecule has 2 atom stereocenters. The summed E-state index contributed by atoms with van der Waals surface area (Å²) in [6.07, 6.45) is 1.36. The maximum absolute atomic E-state index is 12.0. The Morgan fingerprint density at radius 2 is 2.00 bits per heavy atom. The van der Waals surface area contributed by atoms with Crippen LogP contribution in [0.5, 0.6) is 0 Å².